The Hall–Kier alpha value is -1.06. The van der Waals surface area contributed by atoms with E-state index < -0.39 is 29.2 Å². The third-order valence-corrected chi connectivity index (χ3v) is 4.59. The number of rotatable bonds is 7. The molecule has 0 aliphatic carbocycles. The van der Waals surface area contributed by atoms with Gasteiger partial charge >= 0.3 is 6.18 Å². The lowest BCUT2D eigenvalue weighted by atomic mass is 10.2. The third kappa shape index (κ3) is 5.01. The summed E-state index contributed by atoms with van der Waals surface area (Å²) in [6, 6.07) is 0. The average Bonchev–Trinajstić information content (AvgIpc) is 2.62. The molecule has 0 radical (unpaired) electrons. The fraction of sp³-hybridized carbons (Fsp3) is 0.667. The second kappa shape index (κ2) is 6.80. The number of halogens is 3. The van der Waals surface area contributed by atoms with Crippen molar-refractivity contribution in [3.05, 3.63) is 17.1 Å². The van der Waals surface area contributed by atoms with Crippen molar-refractivity contribution < 1.29 is 31.1 Å². The highest BCUT2D eigenvalue weighted by Gasteiger charge is 2.27. The first-order valence-electron chi connectivity index (χ1n) is 6.34. The SMILES string of the molecule is Cc1oc(C)c(S(=O)(=O)NCCCCC(F)(F)F)c1CO. The van der Waals surface area contributed by atoms with Gasteiger partial charge in [-0.2, -0.15) is 13.2 Å². The fourth-order valence-electron chi connectivity index (χ4n) is 1.97. The molecule has 2 N–H and O–H groups in total. The number of aliphatic hydroxyl groups is 1. The van der Waals surface area contributed by atoms with Crippen molar-refractivity contribution in [2.24, 2.45) is 0 Å². The molecule has 0 aromatic carbocycles. The van der Waals surface area contributed by atoms with Crippen molar-refractivity contribution in [3.8, 4) is 0 Å². The lowest BCUT2D eigenvalue weighted by Gasteiger charge is -2.08. The van der Waals surface area contributed by atoms with Gasteiger partial charge in [0.15, 0.2) is 0 Å². The minimum atomic E-state index is -4.23. The van der Waals surface area contributed by atoms with Gasteiger partial charge in [0, 0.05) is 18.5 Å². The molecule has 0 amide bonds. The first-order chi connectivity index (χ1) is 9.58. The number of hydrogen-bond acceptors (Lipinski definition) is 4. The molecule has 0 saturated heterocycles. The van der Waals surface area contributed by atoms with Crippen molar-refractivity contribution in [1.82, 2.24) is 4.72 Å². The minimum Gasteiger partial charge on any atom is -0.465 e. The number of sulfonamides is 1. The molecular weight excluding hydrogens is 311 g/mol. The van der Waals surface area contributed by atoms with Crippen molar-refractivity contribution in [1.29, 1.82) is 0 Å². The second-order valence-electron chi connectivity index (χ2n) is 4.65. The maximum absolute atomic E-state index is 12.1. The van der Waals surface area contributed by atoms with Gasteiger partial charge in [0.05, 0.1) is 6.61 Å². The molecule has 0 saturated carbocycles. The van der Waals surface area contributed by atoms with Crippen LogP contribution in [0.2, 0.25) is 0 Å². The van der Waals surface area contributed by atoms with E-state index in [9.17, 15) is 26.7 Å². The van der Waals surface area contributed by atoms with E-state index in [4.69, 9.17) is 4.42 Å². The zero-order valence-electron chi connectivity index (χ0n) is 11.7. The summed E-state index contributed by atoms with van der Waals surface area (Å²) in [6.45, 7) is 2.38. The highest BCUT2D eigenvalue weighted by molar-refractivity contribution is 7.89. The van der Waals surface area contributed by atoms with Crippen LogP contribution in [-0.4, -0.2) is 26.2 Å². The van der Waals surface area contributed by atoms with Gasteiger partial charge in [0.25, 0.3) is 0 Å². The first kappa shape index (κ1) is 18.0. The number of hydrogen-bond donors (Lipinski definition) is 2. The highest BCUT2D eigenvalue weighted by Crippen LogP contribution is 2.26. The van der Waals surface area contributed by atoms with Crippen molar-refractivity contribution in [3.63, 3.8) is 0 Å². The predicted octanol–water partition coefficient (Wildman–Crippen LogP) is 2.40. The molecule has 5 nitrogen and oxygen atoms in total. The van der Waals surface area contributed by atoms with Crippen LogP contribution < -0.4 is 4.72 Å². The van der Waals surface area contributed by atoms with E-state index in [1.807, 2.05) is 0 Å². The van der Waals surface area contributed by atoms with Crippen LogP contribution in [0.5, 0.6) is 0 Å². The number of aryl methyl sites for hydroxylation is 2. The molecule has 0 aliphatic heterocycles. The van der Waals surface area contributed by atoms with E-state index in [1.54, 1.807) is 0 Å². The largest absolute Gasteiger partial charge is 0.465 e. The van der Waals surface area contributed by atoms with Crippen LogP contribution >= 0.6 is 0 Å². The molecule has 0 spiro atoms. The van der Waals surface area contributed by atoms with E-state index in [1.165, 1.54) is 13.8 Å². The molecule has 1 rings (SSSR count). The number of nitrogens with one attached hydrogen (secondary N) is 1. The van der Waals surface area contributed by atoms with E-state index in [0.717, 1.165) is 0 Å². The third-order valence-electron chi connectivity index (χ3n) is 2.93. The van der Waals surface area contributed by atoms with Gasteiger partial charge in [-0.25, -0.2) is 13.1 Å². The zero-order valence-corrected chi connectivity index (χ0v) is 12.6. The maximum Gasteiger partial charge on any atom is 0.389 e. The Morgan fingerprint density at radius 1 is 1.19 bits per heavy atom. The first-order valence-corrected chi connectivity index (χ1v) is 7.83. The summed E-state index contributed by atoms with van der Waals surface area (Å²) in [6.07, 6.45) is -5.26. The standard InChI is InChI=1S/C12H18F3NO4S/c1-8-10(7-17)11(9(2)20-8)21(18,19)16-6-4-3-5-12(13,14)15/h16-17H,3-7H2,1-2H3. The second-order valence-corrected chi connectivity index (χ2v) is 6.35. The van der Waals surface area contributed by atoms with Crippen LogP contribution in [0.3, 0.4) is 0 Å². The van der Waals surface area contributed by atoms with Gasteiger partial charge in [-0.15, -0.1) is 0 Å². The van der Waals surface area contributed by atoms with Crippen LogP contribution in [0.4, 0.5) is 13.2 Å². The van der Waals surface area contributed by atoms with E-state index in [2.05, 4.69) is 4.72 Å². The molecule has 1 aromatic rings. The summed E-state index contributed by atoms with van der Waals surface area (Å²) in [5.41, 5.74) is 0.162. The van der Waals surface area contributed by atoms with Crippen molar-refractivity contribution in [2.45, 2.75) is 50.8 Å². The van der Waals surface area contributed by atoms with Gasteiger partial charge in [-0.05, 0) is 26.7 Å². The van der Waals surface area contributed by atoms with Crippen LogP contribution in [0.25, 0.3) is 0 Å². The normalized spacial score (nSPS) is 12.9. The number of alkyl halides is 3. The number of unbranched alkanes of at least 4 members (excludes halogenated alkanes) is 1. The molecule has 0 unspecified atom stereocenters. The topological polar surface area (TPSA) is 79.5 Å². The zero-order chi connectivity index (χ0) is 16.3. The summed E-state index contributed by atoms with van der Waals surface area (Å²) < 4.78 is 67.5. The summed E-state index contributed by atoms with van der Waals surface area (Å²) in [7, 11) is -3.91. The summed E-state index contributed by atoms with van der Waals surface area (Å²) in [5, 5.41) is 9.20. The van der Waals surface area contributed by atoms with Gasteiger partial charge in [-0.1, -0.05) is 0 Å². The number of aliphatic hydroxyl groups excluding tert-OH is 1. The van der Waals surface area contributed by atoms with E-state index in [0.29, 0.717) is 5.76 Å². The van der Waals surface area contributed by atoms with Gasteiger partial charge < -0.3 is 9.52 Å². The molecule has 1 aromatic heterocycles. The maximum atomic E-state index is 12.1. The monoisotopic (exact) mass is 329 g/mol. The van der Waals surface area contributed by atoms with Crippen LogP contribution in [-0.2, 0) is 16.6 Å². The molecule has 1 heterocycles. The minimum absolute atomic E-state index is 0.0725. The molecular formula is C12H18F3NO4S. The Balaban J connectivity index is 2.67. The molecule has 0 atom stereocenters. The van der Waals surface area contributed by atoms with Crippen LogP contribution in [0, 0.1) is 13.8 Å². The smallest absolute Gasteiger partial charge is 0.389 e. The number of furan rings is 1. The Bertz CT molecular complexity index is 578. The van der Waals surface area contributed by atoms with Crippen LogP contribution in [0.15, 0.2) is 9.31 Å². The lowest BCUT2D eigenvalue weighted by Crippen LogP contribution is -2.26. The predicted molar refractivity (Wildman–Crippen MR) is 69.2 cm³/mol. The van der Waals surface area contributed by atoms with E-state index >= 15 is 0 Å². The van der Waals surface area contributed by atoms with E-state index in [-0.39, 0.29) is 35.6 Å². The Morgan fingerprint density at radius 2 is 1.81 bits per heavy atom. The molecule has 0 aliphatic rings. The fourth-order valence-corrected chi connectivity index (χ4v) is 3.48. The molecule has 9 heteroatoms. The van der Waals surface area contributed by atoms with Gasteiger partial charge in [0.2, 0.25) is 10.0 Å². The molecule has 21 heavy (non-hydrogen) atoms. The quantitative estimate of drug-likeness (QED) is 0.753. The van der Waals surface area contributed by atoms with Crippen LogP contribution in [0.1, 0.15) is 36.3 Å². The average molecular weight is 329 g/mol. The Labute approximate surface area is 121 Å². The Morgan fingerprint density at radius 3 is 2.33 bits per heavy atom. The van der Waals surface area contributed by atoms with Crippen molar-refractivity contribution in [2.75, 3.05) is 6.54 Å². The van der Waals surface area contributed by atoms with Gasteiger partial charge in [0.1, 0.15) is 16.4 Å². The molecule has 122 valence electrons. The lowest BCUT2D eigenvalue weighted by molar-refractivity contribution is -0.135. The molecule has 0 bridgehead atoms. The summed E-state index contributed by atoms with van der Waals surface area (Å²) in [4.78, 5) is -0.140. The molecule has 0 fully saturated rings. The van der Waals surface area contributed by atoms with Gasteiger partial charge in [-0.3, -0.25) is 0 Å². The Kier molecular flexibility index (Phi) is 5.83. The van der Waals surface area contributed by atoms with Crippen molar-refractivity contribution >= 4 is 10.0 Å². The highest BCUT2D eigenvalue weighted by atomic mass is 32.2. The summed E-state index contributed by atoms with van der Waals surface area (Å²) in [5.74, 6) is 0.437. The summed E-state index contributed by atoms with van der Waals surface area (Å²) >= 11 is 0.